The summed E-state index contributed by atoms with van der Waals surface area (Å²) in [6, 6.07) is 4.28. The molecule has 6 heteroatoms. The summed E-state index contributed by atoms with van der Waals surface area (Å²) in [6.07, 6.45) is 9.62. The molecule has 1 aliphatic carbocycles. The summed E-state index contributed by atoms with van der Waals surface area (Å²) in [7, 11) is 2.11. The Balaban J connectivity index is 1.31. The summed E-state index contributed by atoms with van der Waals surface area (Å²) in [5.41, 5.74) is -0.307. The monoisotopic (exact) mass is 391 g/mol. The highest BCUT2D eigenvalue weighted by atomic mass is 32.2. The minimum atomic E-state index is -0.307. The van der Waals surface area contributed by atoms with Gasteiger partial charge < -0.3 is 9.73 Å². The van der Waals surface area contributed by atoms with Crippen LogP contribution in [0, 0.1) is 0 Å². The van der Waals surface area contributed by atoms with Crippen LogP contribution in [0.4, 0.5) is 0 Å². The molecule has 1 aromatic heterocycles. The van der Waals surface area contributed by atoms with Crippen LogP contribution >= 0.6 is 11.8 Å². The number of likely N-dealkylation sites (N-methyl/N-ethyl adjacent to an activating group) is 1. The van der Waals surface area contributed by atoms with E-state index in [1.165, 1.54) is 32.1 Å². The van der Waals surface area contributed by atoms with E-state index >= 15 is 0 Å². The molecule has 4 rings (SSSR count). The van der Waals surface area contributed by atoms with Crippen LogP contribution in [0.5, 0.6) is 0 Å². The summed E-state index contributed by atoms with van der Waals surface area (Å²) < 4.78 is 6.12. The number of likely N-dealkylation sites (tertiary alicyclic amines) is 1. The van der Waals surface area contributed by atoms with Gasteiger partial charge in [-0.2, -0.15) is 0 Å². The number of nitrogens with zero attached hydrogens (tertiary/aromatic N) is 2. The van der Waals surface area contributed by atoms with Gasteiger partial charge >= 0.3 is 0 Å². The van der Waals surface area contributed by atoms with Gasteiger partial charge in [0.15, 0.2) is 5.09 Å². The Labute approximate surface area is 167 Å². The van der Waals surface area contributed by atoms with Gasteiger partial charge in [-0.15, -0.1) is 0 Å². The van der Waals surface area contributed by atoms with Crippen LogP contribution in [0.25, 0.3) is 0 Å². The smallest absolute Gasteiger partial charge is 0.240 e. The number of hydrogen-bond donors (Lipinski definition) is 1. The third-order valence-electron chi connectivity index (χ3n) is 6.64. The first-order chi connectivity index (χ1) is 13.2. The topological polar surface area (TPSA) is 48.7 Å². The number of nitrogens with one attached hydrogen (secondary N) is 1. The number of piperidine rings is 1. The number of carbonyl (C=O) groups excluding carboxylic acids is 1. The second-order valence-corrected chi connectivity index (χ2v) is 9.74. The van der Waals surface area contributed by atoms with Crippen molar-refractivity contribution in [1.82, 2.24) is 15.1 Å². The molecule has 0 aromatic carbocycles. The number of amides is 1. The molecular weight excluding hydrogens is 358 g/mol. The van der Waals surface area contributed by atoms with Crippen LogP contribution < -0.4 is 5.32 Å². The van der Waals surface area contributed by atoms with Gasteiger partial charge in [0.2, 0.25) is 5.91 Å². The van der Waals surface area contributed by atoms with Crippen molar-refractivity contribution in [1.29, 1.82) is 0 Å². The number of thioether (sulfide) groups is 1. The average molecular weight is 392 g/mol. The van der Waals surface area contributed by atoms with Crippen LogP contribution in [-0.4, -0.2) is 59.7 Å². The zero-order valence-electron chi connectivity index (χ0n) is 16.5. The van der Waals surface area contributed by atoms with Gasteiger partial charge in [-0.1, -0.05) is 31.0 Å². The molecule has 5 nitrogen and oxygen atoms in total. The van der Waals surface area contributed by atoms with Gasteiger partial charge in [-0.05, 0) is 51.3 Å². The van der Waals surface area contributed by atoms with Crippen molar-refractivity contribution in [3.8, 4) is 0 Å². The molecule has 1 amide bonds. The first kappa shape index (κ1) is 19.3. The van der Waals surface area contributed by atoms with E-state index in [4.69, 9.17) is 4.42 Å². The Bertz CT molecular complexity index is 633. The van der Waals surface area contributed by atoms with Crippen LogP contribution in [0.2, 0.25) is 0 Å². The van der Waals surface area contributed by atoms with Gasteiger partial charge in [-0.3, -0.25) is 14.6 Å². The lowest BCUT2D eigenvalue weighted by Gasteiger charge is -2.44. The van der Waals surface area contributed by atoms with Crippen LogP contribution in [0.3, 0.4) is 0 Å². The summed E-state index contributed by atoms with van der Waals surface area (Å²) >= 11 is 1.92. The SMILES string of the molecule is CN1CCCNC(=O)C12CCN(Cc1ccc(SC3CCCCC3)o1)CC2. The highest BCUT2D eigenvalue weighted by molar-refractivity contribution is 7.99. The molecule has 3 fully saturated rings. The summed E-state index contributed by atoms with van der Waals surface area (Å²) in [6.45, 7) is 4.56. The molecule has 0 bridgehead atoms. The zero-order valence-corrected chi connectivity index (χ0v) is 17.4. The van der Waals surface area contributed by atoms with E-state index in [1.807, 2.05) is 11.8 Å². The molecule has 3 heterocycles. The van der Waals surface area contributed by atoms with E-state index in [2.05, 4.69) is 34.3 Å². The first-order valence-electron chi connectivity index (χ1n) is 10.6. The van der Waals surface area contributed by atoms with Gasteiger partial charge in [0.1, 0.15) is 11.3 Å². The molecule has 1 spiro atoms. The Morgan fingerprint density at radius 3 is 2.70 bits per heavy atom. The van der Waals surface area contributed by atoms with Crippen LogP contribution in [-0.2, 0) is 11.3 Å². The standard InChI is InChI=1S/C21H33N3O2S/c1-23-13-5-12-22-20(25)21(23)10-14-24(15-11-21)16-17-8-9-19(26-17)27-18-6-3-2-4-7-18/h8-9,18H,2-7,10-16H2,1H3,(H,22,25). The van der Waals surface area contributed by atoms with E-state index in [9.17, 15) is 4.79 Å². The van der Waals surface area contributed by atoms with E-state index in [1.54, 1.807) is 0 Å². The van der Waals surface area contributed by atoms with Crippen LogP contribution in [0.15, 0.2) is 21.6 Å². The van der Waals surface area contributed by atoms with Crippen LogP contribution in [0.1, 0.15) is 57.1 Å². The highest BCUT2D eigenvalue weighted by Crippen LogP contribution is 2.35. The maximum absolute atomic E-state index is 12.7. The molecule has 0 radical (unpaired) electrons. The van der Waals surface area contributed by atoms with Crippen molar-refractivity contribution >= 4 is 17.7 Å². The maximum atomic E-state index is 12.7. The molecule has 27 heavy (non-hydrogen) atoms. The molecule has 1 aromatic rings. The normalized spacial score (nSPS) is 25.4. The third-order valence-corrected chi connectivity index (χ3v) is 7.90. The van der Waals surface area contributed by atoms with Gasteiger partial charge in [0.05, 0.1) is 6.54 Å². The van der Waals surface area contributed by atoms with Crippen molar-refractivity contribution in [3.63, 3.8) is 0 Å². The minimum absolute atomic E-state index is 0.228. The van der Waals surface area contributed by atoms with Gasteiger partial charge in [0, 0.05) is 31.4 Å². The predicted molar refractivity (Wildman–Crippen MR) is 109 cm³/mol. The van der Waals surface area contributed by atoms with Gasteiger partial charge in [-0.25, -0.2) is 0 Å². The van der Waals surface area contributed by atoms with E-state index in [-0.39, 0.29) is 11.4 Å². The second kappa shape index (κ2) is 8.58. The average Bonchev–Trinajstić information content (AvgIpc) is 3.07. The fraction of sp³-hybridized carbons (Fsp3) is 0.762. The Morgan fingerprint density at radius 1 is 1.15 bits per heavy atom. The molecule has 150 valence electrons. The minimum Gasteiger partial charge on any atom is -0.454 e. The second-order valence-electron chi connectivity index (χ2n) is 8.44. The molecule has 1 saturated carbocycles. The Kier molecular flexibility index (Phi) is 6.15. The number of furan rings is 1. The molecule has 0 unspecified atom stereocenters. The fourth-order valence-corrected chi connectivity index (χ4v) is 6.03. The molecule has 3 aliphatic rings. The van der Waals surface area contributed by atoms with E-state index in [0.29, 0.717) is 0 Å². The molecule has 0 atom stereocenters. The van der Waals surface area contributed by atoms with Crippen molar-refractivity contribution in [2.75, 3.05) is 33.2 Å². The fourth-order valence-electron chi connectivity index (χ4n) is 4.83. The lowest BCUT2D eigenvalue weighted by molar-refractivity contribution is -0.134. The molecule has 2 saturated heterocycles. The van der Waals surface area contributed by atoms with Gasteiger partial charge in [0.25, 0.3) is 0 Å². The lowest BCUT2D eigenvalue weighted by Crippen LogP contribution is -2.60. The quantitative estimate of drug-likeness (QED) is 0.851. The predicted octanol–water partition coefficient (Wildman–Crippen LogP) is 3.49. The maximum Gasteiger partial charge on any atom is 0.240 e. The first-order valence-corrected chi connectivity index (χ1v) is 11.5. The molecule has 2 aliphatic heterocycles. The third kappa shape index (κ3) is 4.38. The van der Waals surface area contributed by atoms with Crippen molar-refractivity contribution < 1.29 is 9.21 Å². The van der Waals surface area contributed by atoms with E-state index in [0.717, 1.165) is 68.1 Å². The Hall–Kier alpha value is -0.980. The zero-order chi connectivity index (χ0) is 18.7. The molecule has 1 N–H and O–H groups in total. The highest BCUT2D eigenvalue weighted by Gasteiger charge is 2.45. The number of carbonyl (C=O) groups is 1. The Morgan fingerprint density at radius 2 is 1.93 bits per heavy atom. The largest absolute Gasteiger partial charge is 0.454 e. The summed E-state index contributed by atoms with van der Waals surface area (Å²) in [5.74, 6) is 1.29. The van der Waals surface area contributed by atoms with E-state index < -0.39 is 0 Å². The summed E-state index contributed by atoms with van der Waals surface area (Å²) in [4.78, 5) is 17.4. The number of hydrogen-bond acceptors (Lipinski definition) is 5. The van der Waals surface area contributed by atoms with Crippen molar-refractivity contribution in [2.24, 2.45) is 0 Å². The molecular formula is C21H33N3O2S. The van der Waals surface area contributed by atoms with Crippen molar-refractivity contribution in [3.05, 3.63) is 17.9 Å². The lowest BCUT2D eigenvalue weighted by atomic mass is 9.85. The summed E-state index contributed by atoms with van der Waals surface area (Å²) in [5, 5.41) is 4.93. The van der Waals surface area contributed by atoms with Crippen molar-refractivity contribution in [2.45, 2.75) is 73.8 Å². The number of rotatable bonds is 4.